The molecule has 0 spiro atoms. The van der Waals surface area contributed by atoms with E-state index in [9.17, 15) is 14.4 Å². The van der Waals surface area contributed by atoms with Crippen LogP contribution >= 0.6 is 0 Å². The molecule has 0 atom stereocenters. The number of nitrogens with one attached hydrogen (secondary N) is 1. The van der Waals surface area contributed by atoms with Crippen molar-refractivity contribution < 1.29 is 13.6 Å². The SMILES string of the molecule is Cc1ccc(NC(=O)C(C#N)=Cc2ccc(-c3ccccc3F)o2)cc1C. The summed E-state index contributed by atoms with van der Waals surface area (Å²) in [5, 5.41) is 12.0. The second-order valence-corrected chi connectivity index (χ2v) is 6.10. The summed E-state index contributed by atoms with van der Waals surface area (Å²) in [5.41, 5.74) is 2.96. The number of nitrogens with zero attached hydrogens (tertiary/aromatic N) is 1. The molecule has 27 heavy (non-hydrogen) atoms. The minimum Gasteiger partial charge on any atom is -0.457 e. The first-order valence-electron chi connectivity index (χ1n) is 8.33. The lowest BCUT2D eigenvalue weighted by atomic mass is 10.1. The molecular formula is C22H17FN2O2. The standard InChI is InChI=1S/C22H17FN2O2/c1-14-7-8-17(11-15(14)2)25-22(26)16(13-24)12-18-9-10-21(27-18)19-5-3-4-6-20(19)23/h3-12H,1-2H3,(H,25,26). The van der Waals surface area contributed by atoms with Crippen LogP contribution in [0.25, 0.3) is 17.4 Å². The van der Waals surface area contributed by atoms with Gasteiger partial charge in [-0.1, -0.05) is 18.2 Å². The highest BCUT2D eigenvalue weighted by atomic mass is 19.1. The number of furan rings is 1. The van der Waals surface area contributed by atoms with Crippen LogP contribution in [0.5, 0.6) is 0 Å². The number of benzene rings is 2. The summed E-state index contributed by atoms with van der Waals surface area (Å²) in [7, 11) is 0. The predicted molar refractivity (Wildman–Crippen MR) is 102 cm³/mol. The first-order chi connectivity index (χ1) is 13.0. The van der Waals surface area contributed by atoms with E-state index in [4.69, 9.17) is 4.42 Å². The Morgan fingerprint density at radius 3 is 2.59 bits per heavy atom. The van der Waals surface area contributed by atoms with Crippen molar-refractivity contribution in [1.29, 1.82) is 5.26 Å². The Labute approximate surface area is 156 Å². The fourth-order valence-electron chi connectivity index (χ4n) is 2.54. The average molecular weight is 360 g/mol. The van der Waals surface area contributed by atoms with E-state index in [-0.39, 0.29) is 5.57 Å². The molecule has 3 aromatic rings. The summed E-state index contributed by atoms with van der Waals surface area (Å²) >= 11 is 0. The van der Waals surface area contributed by atoms with E-state index in [1.807, 2.05) is 32.0 Å². The number of aryl methyl sites for hydroxylation is 2. The predicted octanol–water partition coefficient (Wildman–Crippen LogP) is 5.25. The van der Waals surface area contributed by atoms with Gasteiger partial charge < -0.3 is 9.73 Å². The van der Waals surface area contributed by atoms with Crippen LogP contribution in [0.4, 0.5) is 10.1 Å². The van der Waals surface area contributed by atoms with Gasteiger partial charge in [0.1, 0.15) is 29.0 Å². The van der Waals surface area contributed by atoms with Gasteiger partial charge in [-0.25, -0.2) is 4.39 Å². The van der Waals surface area contributed by atoms with Crippen LogP contribution in [-0.4, -0.2) is 5.91 Å². The normalized spacial score (nSPS) is 11.1. The molecule has 1 aromatic heterocycles. The summed E-state index contributed by atoms with van der Waals surface area (Å²) in [6.07, 6.45) is 1.33. The van der Waals surface area contributed by atoms with Gasteiger partial charge in [-0.2, -0.15) is 5.26 Å². The van der Waals surface area contributed by atoms with Crippen LogP contribution in [0.1, 0.15) is 16.9 Å². The maximum Gasteiger partial charge on any atom is 0.266 e. The maximum atomic E-state index is 13.9. The second kappa shape index (κ2) is 7.71. The summed E-state index contributed by atoms with van der Waals surface area (Å²) in [6, 6.07) is 16.8. The lowest BCUT2D eigenvalue weighted by Crippen LogP contribution is -2.13. The molecule has 4 nitrogen and oxygen atoms in total. The minimum atomic E-state index is -0.537. The van der Waals surface area contributed by atoms with Crippen LogP contribution in [0.3, 0.4) is 0 Å². The van der Waals surface area contributed by atoms with Gasteiger partial charge in [0.25, 0.3) is 5.91 Å². The summed E-state index contributed by atoms with van der Waals surface area (Å²) < 4.78 is 19.4. The Bertz CT molecular complexity index is 1070. The molecule has 2 aromatic carbocycles. The quantitative estimate of drug-likeness (QED) is 0.510. The zero-order valence-corrected chi connectivity index (χ0v) is 14.9. The lowest BCUT2D eigenvalue weighted by molar-refractivity contribution is -0.112. The Hall–Kier alpha value is -3.65. The van der Waals surface area contributed by atoms with Crippen molar-refractivity contribution in [1.82, 2.24) is 0 Å². The van der Waals surface area contributed by atoms with Gasteiger partial charge in [0.05, 0.1) is 5.56 Å². The van der Waals surface area contributed by atoms with Crippen molar-refractivity contribution in [2.75, 3.05) is 5.32 Å². The van der Waals surface area contributed by atoms with Crippen LogP contribution in [0, 0.1) is 31.0 Å². The molecule has 3 rings (SSSR count). The van der Waals surface area contributed by atoms with Crippen molar-refractivity contribution in [2.45, 2.75) is 13.8 Å². The molecule has 0 aliphatic rings. The highest BCUT2D eigenvalue weighted by Gasteiger charge is 2.13. The lowest BCUT2D eigenvalue weighted by Gasteiger charge is -2.06. The van der Waals surface area contributed by atoms with Crippen LogP contribution in [-0.2, 0) is 4.79 Å². The molecule has 0 aliphatic heterocycles. The molecule has 0 saturated carbocycles. The summed E-state index contributed by atoms with van der Waals surface area (Å²) in [6.45, 7) is 3.92. The molecule has 0 unspecified atom stereocenters. The molecule has 1 amide bonds. The highest BCUT2D eigenvalue weighted by Crippen LogP contribution is 2.26. The van der Waals surface area contributed by atoms with E-state index in [0.29, 0.717) is 22.8 Å². The Kier molecular flexibility index (Phi) is 5.18. The molecule has 1 N–H and O–H groups in total. The van der Waals surface area contributed by atoms with Crippen molar-refractivity contribution >= 4 is 17.7 Å². The molecule has 0 radical (unpaired) electrons. The zero-order chi connectivity index (χ0) is 19.4. The largest absolute Gasteiger partial charge is 0.457 e. The molecule has 5 heteroatoms. The number of nitriles is 1. The first-order valence-corrected chi connectivity index (χ1v) is 8.33. The smallest absolute Gasteiger partial charge is 0.266 e. The number of amides is 1. The number of hydrogen-bond donors (Lipinski definition) is 1. The van der Waals surface area contributed by atoms with E-state index in [2.05, 4.69) is 5.32 Å². The third-order valence-corrected chi connectivity index (χ3v) is 4.18. The zero-order valence-electron chi connectivity index (χ0n) is 14.9. The van der Waals surface area contributed by atoms with Crippen molar-refractivity contribution in [3.05, 3.63) is 82.9 Å². The number of carbonyl (C=O) groups excluding carboxylic acids is 1. The molecule has 1 heterocycles. The van der Waals surface area contributed by atoms with Crippen molar-refractivity contribution in [3.63, 3.8) is 0 Å². The van der Waals surface area contributed by atoms with Crippen molar-refractivity contribution in [3.8, 4) is 17.4 Å². The molecule has 0 fully saturated rings. The number of hydrogen-bond acceptors (Lipinski definition) is 3. The molecule has 0 saturated heterocycles. The second-order valence-electron chi connectivity index (χ2n) is 6.10. The Morgan fingerprint density at radius 2 is 1.89 bits per heavy atom. The molecule has 134 valence electrons. The Balaban J connectivity index is 1.82. The van der Waals surface area contributed by atoms with Gasteiger partial charge in [-0.3, -0.25) is 4.79 Å². The van der Waals surface area contributed by atoms with E-state index in [1.165, 1.54) is 12.1 Å². The van der Waals surface area contributed by atoms with E-state index in [1.54, 1.807) is 36.4 Å². The monoisotopic (exact) mass is 360 g/mol. The van der Waals surface area contributed by atoms with Gasteiger partial charge in [0.2, 0.25) is 0 Å². The third-order valence-electron chi connectivity index (χ3n) is 4.18. The first kappa shape index (κ1) is 18.2. The number of carbonyl (C=O) groups is 1. The number of anilines is 1. The van der Waals surface area contributed by atoms with E-state index >= 15 is 0 Å². The molecule has 0 aliphatic carbocycles. The van der Waals surface area contributed by atoms with Crippen LogP contribution < -0.4 is 5.32 Å². The van der Waals surface area contributed by atoms with Gasteiger partial charge in [0.15, 0.2) is 0 Å². The molecular weight excluding hydrogens is 343 g/mol. The fourth-order valence-corrected chi connectivity index (χ4v) is 2.54. The third kappa shape index (κ3) is 4.13. The van der Waals surface area contributed by atoms with E-state index in [0.717, 1.165) is 11.1 Å². The van der Waals surface area contributed by atoms with Crippen LogP contribution in [0.15, 0.2) is 64.6 Å². The average Bonchev–Trinajstić information content (AvgIpc) is 3.11. The highest BCUT2D eigenvalue weighted by molar-refractivity contribution is 6.09. The Morgan fingerprint density at radius 1 is 1.11 bits per heavy atom. The minimum absolute atomic E-state index is 0.109. The number of rotatable bonds is 4. The summed E-state index contributed by atoms with van der Waals surface area (Å²) in [4.78, 5) is 12.4. The topological polar surface area (TPSA) is 66.0 Å². The fraction of sp³-hybridized carbons (Fsp3) is 0.0909. The van der Waals surface area contributed by atoms with Gasteiger partial charge in [-0.05, 0) is 61.4 Å². The van der Waals surface area contributed by atoms with Gasteiger partial charge in [-0.15, -0.1) is 0 Å². The van der Waals surface area contributed by atoms with E-state index < -0.39 is 11.7 Å². The van der Waals surface area contributed by atoms with Gasteiger partial charge in [0, 0.05) is 11.8 Å². The number of halogens is 1. The molecule has 0 bridgehead atoms. The van der Waals surface area contributed by atoms with Crippen molar-refractivity contribution in [2.24, 2.45) is 0 Å². The van der Waals surface area contributed by atoms with Gasteiger partial charge >= 0.3 is 0 Å². The maximum absolute atomic E-state index is 13.9. The summed E-state index contributed by atoms with van der Waals surface area (Å²) in [5.74, 6) is -0.328. The van der Waals surface area contributed by atoms with Crippen LogP contribution in [0.2, 0.25) is 0 Å².